The Morgan fingerprint density at radius 1 is 0.784 bits per heavy atom. The molecule has 0 saturated carbocycles. The Morgan fingerprint density at radius 3 is 2.03 bits per heavy atom. The molecule has 0 N–H and O–H groups in total. The first-order valence-corrected chi connectivity index (χ1v) is 12.7. The quantitative estimate of drug-likeness (QED) is 0.251. The van der Waals surface area contributed by atoms with E-state index in [1.165, 1.54) is 0 Å². The molecule has 0 aliphatic carbocycles. The van der Waals surface area contributed by atoms with Gasteiger partial charge in [-0.1, -0.05) is 42.5 Å². The summed E-state index contributed by atoms with van der Waals surface area (Å²) in [5, 5.41) is 0. The molecule has 0 aromatic heterocycles. The van der Waals surface area contributed by atoms with Crippen LogP contribution in [0.25, 0.3) is 0 Å². The van der Waals surface area contributed by atoms with Gasteiger partial charge in [0.1, 0.15) is 6.61 Å². The number of alkyl halides is 1. The minimum atomic E-state index is -0.692. The Labute approximate surface area is 225 Å². The molecule has 0 unspecified atom stereocenters. The molecule has 1 amide bonds. The van der Waals surface area contributed by atoms with Crippen LogP contribution in [0.15, 0.2) is 66.7 Å². The van der Waals surface area contributed by atoms with Crippen molar-refractivity contribution < 1.29 is 23.7 Å². The number of halogens is 1. The Kier molecular flexibility index (Phi) is 10.1. The molecule has 0 bridgehead atoms. The van der Waals surface area contributed by atoms with Crippen LogP contribution in [0.4, 0.5) is 0 Å². The highest BCUT2D eigenvalue weighted by Gasteiger charge is 2.31. The zero-order valence-electron chi connectivity index (χ0n) is 22.3. The second-order valence-corrected chi connectivity index (χ2v) is 9.71. The first-order valence-electron chi connectivity index (χ1n) is 12.2. The third-order valence-electron chi connectivity index (χ3n) is 6.16. The highest BCUT2D eigenvalue weighted by atomic mass is 35.5. The Hall–Kier alpha value is -3.38. The maximum atomic E-state index is 13.5. The van der Waals surface area contributed by atoms with Crippen LogP contribution in [0.2, 0.25) is 0 Å². The lowest BCUT2D eigenvalue weighted by molar-refractivity contribution is -0.139. The van der Waals surface area contributed by atoms with Crippen molar-refractivity contribution in [2.75, 3.05) is 33.8 Å². The van der Waals surface area contributed by atoms with E-state index in [4.69, 9.17) is 30.5 Å². The van der Waals surface area contributed by atoms with Gasteiger partial charge < -0.3 is 23.8 Å². The number of amides is 1. The van der Waals surface area contributed by atoms with E-state index < -0.39 is 5.41 Å². The summed E-state index contributed by atoms with van der Waals surface area (Å²) in [4.78, 5) is 15.3. The van der Waals surface area contributed by atoms with Crippen LogP contribution in [-0.2, 0) is 24.4 Å². The van der Waals surface area contributed by atoms with Crippen LogP contribution in [0, 0.1) is 5.41 Å². The van der Waals surface area contributed by atoms with Gasteiger partial charge in [0.15, 0.2) is 23.0 Å². The number of hydrogen-bond acceptors (Lipinski definition) is 5. The van der Waals surface area contributed by atoms with Gasteiger partial charge >= 0.3 is 0 Å². The topological polar surface area (TPSA) is 57.2 Å². The van der Waals surface area contributed by atoms with Gasteiger partial charge in [-0.05, 0) is 61.2 Å². The fourth-order valence-electron chi connectivity index (χ4n) is 3.92. The van der Waals surface area contributed by atoms with Crippen LogP contribution in [0.3, 0.4) is 0 Å². The summed E-state index contributed by atoms with van der Waals surface area (Å²) in [7, 11) is 4.84. The molecule has 6 nitrogen and oxygen atoms in total. The molecule has 0 heterocycles. The van der Waals surface area contributed by atoms with Crippen molar-refractivity contribution in [2.45, 2.75) is 33.4 Å². The average molecular weight is 526 g/mol. The van der Waals surface area contributed by atoms with Crippen LogP contribution >= 0.6 is 11.6 Å². The fourth-order valence-corrected chi connectivity index (χ4v) is 4.04. The fraction of sp³-hybridized carbons (Fsp3) is 0.367. The molecule has 3 rings (SSSR count). The van der Waals surface area contributed by atoms with Crippen LogP contribution in [-0.4, -0.2) is 44.6 Å². The number of nitrogens with zero attached hydrogens (tertiary/aromatic N) is 1. The van der Waals surface area contributed by atoms with E-state index in [2.05, 4.69) is 0 Å². The minimum Gasteiger partial charge on any atom is -0.493 e. The van der Waals surface area contributed by atoms with Gasteiger partial charge in [-0.25, -0.2) is 0 Å². The van der Waals surface area contributed by atoms with Crippen molar-refractivity contribution in [1.29, 1.82) is 0 Å². The number of hydrogen-bond donors (Lipinski definition) is 0. The average Bonchev–Trinajstić information content (AvgIpc) is 2.94. The van der Waals surface area contributed by atoms with Gasteiger partial charge in [0.25, 0.3) is 0 Å². The third-order valence-corrected chi connectivity index (χ3v) is 6.83. The first kappa shape index (κ1) is 28.2. The van der Waals surface area contributed by atoms with E-state index in [0.29, 0.717) is 49.1 Å². The van der Waals surface area contributed by atoms with Gasteiger partial charge in [0.2, 0.25) is 5.91 Å². The lowest BCUT2D eigenvalue weighted by Crippen LogP contribution is -2.42. The number of benzene rings is 3. The van der Waals surface area contributed by atoms with E-state index in [9.17, 15) is 4.79 Å². The monoisotopic (exact) mass is 525 g/mol. The number of methoxy groups -OCH3 is 3. The number of ether oxygens (including phenoxy) is 4. The molecule has 7 heteroatoms. The Bertz CT molecular complexity index is 1170. The second-order valence-electron chi connectivity index (χ2n) is 9.44. The predicted octanol–water partition coefficient (Wildman–Crippen LogP) is 6.13. The van der Waals surface area contributed by atoms with Crippen LogP contribution in [0.1, 0.15) is 30.5 Å². The lowest BCUT2D eigenvalue weighted by atomic mass is 9.93. The normalized spacial score (nSPS) is 11.1. The molecule has 198 valence electrons. The highest BCUT2D eigenvalue weighted by Crippen LogP contribution is 2.31. The second kappa shape index (κ2) is 13.2. The minimum absolute atomic E-state index is 0.00801. The van der Waals surface area contributed by atoms with Crippen molar-refractivity contribution in [3.63, 3.8) is 0 Å². The van der Waals surface area contributed by atoms with Crippen molar-refractivity contribution >= 4 is 17.5 Å². The van der Waals surface area contributed by atoms with Gasteiger partial charge in [-0.2, -0.15) is 0 Å². The molecule has 0 aliphatic heterocycles. The largest absolute Gasteiger partial charge is 0.493 e. The van der Waals surface area contributed by atoms with E-state index >= 15 is 0 Å². The molecule has 0 spiro atoms. The molecule has 0 saturated heterocycles. The third kappa shape index (κ3) is 7.56. The molecule has 37 heavy (non-hydrogen) atoms. The van der Waals surface area contributed by atoms with E-state index in [1.807, 2.05) is 85.5 Å². The van der Waals surface area contributed by atoms with E-state index in [-0.39, 0.29) is 11.8 Å². The molecule has 0 radical (unpaired) electrons. The molecule has 3 aromatic rings. The summed E-state index contributed by atoms with van der Waals surface area (Å²) in [5.74, 6) is 2.83. The Balaban J connectivity index is 1.78. The van der Waals surface area contributed by atoms with Gasteiger partial charge in [-0.3, -0.25) is 4.79 Å². The maximum Gasteiger partial charge on any atom is 0.229 e. The summed E-state index contributed by atoms with van der Waals surface area (Å²) >= 11 is 6.16. The number of rotatable bonds is 13. The summed E-state index contributed by atoms with van der Waals surface area (Å²) < 4.78 is 22.4. The molecule has 0 fully saturated rings. The number of carbonyl (C=O) groups excluding carboxylic acids is 1. The van der Waals surface area contributed by atoms with Gasteiger partial charge in [-0.15, -0.1) is 11.6 Å². The number of carbonyl (C=O) groups is 1. The van der Waals surface area contributed by atoms with Crippen molar-refractivity contribution in [3.8, 4) is 23.0 Å². The summed E-state index contributed by atoms with van der Waals surface area (Å²) in [5.41, 5.74) is 2.36. The zero-order valence-corrected chi connectivity index (χ0v) is 23.0. The van der Waals surface area contributed by atoms with Crippen molar-refractivity contribution in [2.24, 2.45) is 5.41 Å². The van der Waals surface area contributed by atoms with E-state index in [1.54, 1.807) is 21.3 Å². The molecule has 3 aromatic carbocycles. The van der Waals surface area contributed by atoms with Crippen LogP contribution < -0.4 is 18.9 Å². The van der Waals surface area contributed by atoms with Gasteiger partial charge in [0.05, 0.1) is 26.7 Å². The predicted molar refractivity (Wildman–Crippen MR) is 147 cm³/mol. The SMILES string of the molecule is COc1ccc(CCN(Cc2ccc(OCc3ccccc3)c(OC)c2)C(=O)C(C)(C)CCl)cc1OC. The van der Waals surface area contributed by atoms with Crippen molar-refractivity contribution in [1.82, 2.24) is 4.90 Å². The lowest BCUT2D eigenvalue weighted by Gasteiger charge is -2.31. The zero-order chi connectivity index (χ0) is 26.8. The van der Waals surface area contributed by atoms with Crippen LogP contribution in [0.5, 0.6) is 23.0 Å². The highest BCUT2D eigenvalue weighted by molar-refractivity contribution is 6.19. The standard InChI is InChI=1S/C30H36ClNO5/c1-30(2,21-31)29(33)32(16-15-22-11-13-25(34-3)27(17-22)35-4)19-24-12-14-26(28(18-24)36-5)37-20-23-9-7-6-8-10-23/h6-14,17-18H,15-16,19-21H2,1-5H3. The Morgan fingerprint density at radius 2 is 1.38 bits per heavy atom. The molecule has 0 atom stereocenters. The first-order chi connectivity index (χ1) is 17.8. The summed E-state index contributed by atoms with van der Waals surface area (Å²) in [6, 6.07) is 21.5. The molecular weight excluding hydrogens is 490 g/mol. The maximum absolute atomic E-state index is 13.5. The smallest absolute Gasteiger partial charge is 0.229 e. The van der Waals surface area contributed by atoms with Gasteiger partial charge in [0, 0.05) is 19.0 Å². The molecular formula is C30H36ClNO5. The van der Waals surface area contributed by atoms with E-state index in [0.717, 1.165) is 16.7 Å². The summed E-state index contributed by atoms with van der Waals surface area (Å²) in [6.07, 6.45) is 0.653. The molecule has 0 aliphatic rings. The van der Waals surface area contributed by atoms with Crippen molar-refractivity contribution in [3.05, 3.63) is 83.4 Å². The summed E-state index contributed by atoms with van der Waals surface area (Å²) in [6.45, 7) is 5.11.